The molecule has 0 radical (unpaired) electrons. The highest BCUT2D eigenvalue weighted by atomic mass is 16.7. The van der Waals surface area contributed by atoms with Crippen LogP contribution in [0.5, 0.6) is 0 Å². The fourth-order valence-corrected chi connectivity index (χ4v) is 4.00. The van der Waals surface area contributed by atoms with Gasteiger partial charge in [-0.3, -0.25) is 38.5 Å². The Labute approximate surface area is 280 Å². The van der Waals surface area contributed by atoms with E-state index in [0.29, 0.717) is 11.3 Å². The number of ether oxygens (including phenoxy) is 1. The summed E-state index contributed by atoms with van der Waals surface area (Å²) in [7, 11) is 0. The molecular formula is C32H49N5O11. The van der Waals surface area contributed by atoms with Crippen LogP contribution in [-0.2, 0) is 44.9 Å². The van der Waals surface area contributed by atoms with Crippen LogP contribution in [0.15, 0.2) is 24.3 Å². The third-order valence-corrected chi connectivity index (χ3v) is 6.47. The standard InChI is InChI=1S/C27H37N5O9.C3H6O2.C2H6/c1-15(2)11-20(31-21(33)9-10-32-23(35)12-16(3)26(32)38)25(37)29-17(4)24(36)28-13-22(34)30-19-7-5-18(6-8-19)14-41-27(39)40;1-2-3(4)5;1-2/h5-8,15-17,20H,9-14H2,1-4H3,(H,28,36)(H,29,37)(H,30,34)(H,31,33)(H,39,40);2H2,1H3,(H,4,5);1-2H3. The molecule has 48 heavy (non-hydrogen) atoms. The van der Waals surface area contributed by atoms with Crippen molar-refractivity contribution in [2.45, 2.75) is 92.8 Å². The van der Waals surface area contributed by atoms with Crippen molar-refractivity contribution in [2.75, 3.05) is 18.4 Å². The van der Waals surface area contributed by atoms with Crippen LogP contribution in [0.1, 0.15) is 79.7 Å². The van der Waals surface area contributed by atoms with Crippen LogP contribution in [0.3, 0.4) is 0 Å². The number of nitrogens with one attached hydrogen (secondary N) is 4. The quantitative estimate of drug-likeness (QED) is 0.116. The molecule has 16 heteroatoms. The minimum Gasteiger partial charge on any atom is -0.481 e. The number of carbonyl (C=O) groups excluding carboxylic acids is 6. The van der Waals surface area contributed by atoms with Gasteiger partial charge in [-0.1, -0.05) is 53.7 Å². The second kappa shape index (κ2) is 22.5. The van der Waals surface area contributed by atoms with E-state index < -0.39 is 53.8 Å². The molecule has 268 valence electrons. The van der Waals surface area contributed by atoms with E-state index in [4.69, 9.17) is 10.2 Å². The lowest BCUT2D eigenvalue weighted by Crippen LogP contribution is -2.53. The number of carboxylic acid groups (broad SMARTS) is 2. The number of hydrogen-bond acceptors (Lipinski definition) is 9. The Balaban J connectivity index is 0.00000287. The average Bonchev–Trinajstić information content (AvgIpc) is 3.28. The number of carboxylic acids is 1. The first kappa shape index (κ1) is 43.0. The molecule has 1 aromatic rings. The summed E-state index contributed by atoms with van der Waals surface area (Å²) in [5, 5.41) is 26.4. The fourth-order valence-electron chi connectivity index (χ4n) is 4.00. The maximum Gasteiger partial charge on any atom is 0.506 e. The molecule has 0 aliphatic carbocycles. The highest BCUT2D eigenvalue weighted by Crippen LogP contribution is 2.18. The monoisotopic (exact) mass is 679 g/mol. The Morgan fingerprint density at radius 2 is 1.52 bits per heavy atom. The lowest BCUT2D eigenvalue weighted by Gasteiger charge is -2.23. The molecule has 0 bridgehead atoms. The molecule has 16 nitrogen and oxygen atoms in total. The summed E-state index contributed by atoms with van der Waals surface area (Å²) >= 11 is 0. The molecule has 6 N–H and O–H groups in total. The molecule has 0 aromatic heterocycles. The van der Waals surface area contributed by atoms with Crippen molar-refractivity contribution in [3.8, 4) is 0 Å². The number of rotatable bonds is 15. The fraction of sp³-hybridized carbons (Fsp3) is 0.562. The van der Waals surface area contributed by atoms with Gasteiger partial charge in [-0.05, 0) is 37.0 Å². The molecule has 2 rings (SSSR count). The van der Waals surface area contributed by atoms with Gasteiger partial charge < -0.3 is 36.2 Å². The Morgan fingerprint density at radius 1 is 0.938 bits per heavy atom. The van der Waals surface area contributed by atoms with Crippen molar-refractivity contribution in [2.24, 2.45) is 11.8 Å². The van der Waals surface area contributed by atoms with E-state index in [2.05, 4.69) is 26.0 Å². The summed E-state index contributed by atoms with van der Waals surface area (Å²) < 4.78 is 4.46. The van der Waals surface area contributed by atoms with Crippen LogP contribution in [0, 0.1) is 11.8 Å². The predicted molar refractivity (Wildman–Crippen MR) is 174 cm³/mol. The summed E-state index contributed by atoms with van der Waals surface area (Å²) in [6.45, 7) is 11.8. The lowest BCUT2D eigenvalue weighted by atomic mass is 10.0. The highest BCUT2D eigenvalue weighted by molar-refractivity contribution is 6.03. The summed E-state index contributed by atoms with van der Waals surface area (Å²) in [5.41, 5.74) is 1.01. The first-order valence-corrected chi connectivity index (χ1v) is 15.7. The van der Waals surface area contributed by atoms with Crippen LogP contribution in [0.25, 0.3) is 0 Å². The van der Waals surface area contributed by atoms with Crippen LogP contribution in [0.2, 0.25) is 0 Å². The molecular weight excluding hydrogens is 630 g/mol. The molecule has 3 unspecified atom stereocenters. The second-order valence-electron chi connectivity index (χ2n) is 11.0. The third-order valence-electron chi connectivity index (χ3n) is 6.47. The Bertz CT molecular complexity index is 1270. The van der Waals surface area contributed by atoms with Gasteiger partial charge in [-0.25, -0.2) is 4.79 Å². The van der Waals surface area contributed by atoms with Crippen LogP contribution in [-0.4, -0.2) is 87.9 Å². The van der Waals surface area contributed by atoms with Gasteiger partial charge in [-0.15, -0.1) is 0 Å². The van der Waals surface area contributed by atoms with E-state index in [1.165, 1.54) is 6.92 Å². The van der Waals surface area contributed by atoms with Crippen molar-refractivity contribution in [1.29, 1.82) is 0 Å². The van der Waals surface area contributed by atoms with E-state index in [0.717, 1.165) is 4.90 Å². The molecule has 1 saturated heterocycles. The number of benzene rings is 1. The van der Waals surface area contributed by atoms with Crippen LogP contribution >= 0.6 is 0 Å². The number of nitrogens with zero attached hydrogens (tertiary/aromatic N) is 1. The predicted octanol–water partition coefficient (Wildman–Crippen LogP) is 2.26. The Morgan fingerprint density at radius 3 is 2.00 bits per heavy atom. The molecule has 1 aliphatic heterocycles. The highest BCUT2D eigenvalue weighted by Gasteiger charge is 2.35. The zero-order valence-corrected chi connectivity index (χ0v) is 28.6. The van der Waals surface area contributed by atoms with Gasteiger partial charge in [0.25, 0.3) is 0 Å². The van der Waals surface area contributed by atoms with Gasteiger partial charge >= 0.3 is 12.1 Å². The number of amides is 6. The summed E-state index contributed by atoms with van der Waals surface area (Å²) in [6, 6.07) is 4.28. The smallest absolute Gasteiger partial charge is 0.481 e. The van der Waals surface area contributed by atoms with Crippen molar-refractivity contribution >= 4 is 53.3 Å². The zero-order valence-electron chi connectivity index (χ0n) is 28.6. The third kappa shape index (κ3) is 17.1. The maximum atomic E-state index is 12.9. The van der Waals surface area contributed by atoms with Crippen LogP contribution in [0.4, 0.5) is 10.5 Å². The van der Waals surface area contributed by atoms with E-state index in [9.17, 15) is 38.4 Å². The normalized spacial score (nSPS) is 14.7. The molecule has 6 amide bonds. The van der Waals surface area contributed by atoms with E-state index in [1.807, 2.05) is 27.7 Å². The second-order valence-corrected chi connectivity index (χ2v) is 11.0. The van der Waals surface area contributed by atoms with Gasteiger partial charge in [0.1, 0.15) is 18.7 Å². The molecule has 0 spiro atoms. The number of hydrogen-bond donors (Lipinski definition) is 6. The molecule has 0 saturated carbocycles. The van der Waals surface area contributed by atoms with E-state index in [-0.39, 0.29) is 63.1 Å². The van der Waals surface area contributed by atoms with Crippen molar-refractivity contribution in [1.82, 2.24) is 20.9 Å². The number of imide groups is 1. The molecule has 3 atom stereocenters. The molecule has 1 heterocycles. The van der Waals surface area contributed by atoms with Gasteiger partial charge in [0, 0.05) is 37.4 Å². The number of aliphatic carboxylic acids is 1. The van der Waals surface area contributed by atoms with Gasteiger partial charge in [-0.2, -0.15) is 0 Å². The summed E-state index contributed by atoms with van der Waals surface area (Å²) in [4.78, 5) is 95.0. The Kier molecular flexibility index (Phi) is 20.1. The molecule has 1 aliphatic rings. The average molecular weight is 680 g/mol. The lowest BCUT2D eigenvalue weighted by molar-refractivity contribution is -0.140. The van der Waals surface area contributed by atoms with Crippen molar-refractivity contribution in [3.05, 3.63) is 29.8 Å². The number of anilines is 1. The zero-order chi connectivity index (χ0) is 37.0. The Hall–Kier alpha value is -5.02. The number of likely N-dealkylation sites (tertiary alicyclic amines) is 1. The largest absolute Gasteiger partial charge is 0.506 e. The summed E-state index contributed by atoms with van der Waals surface area (Å²) in [6.07, 6.45) is -0.937. The van der Waals surface area contributed by atoms with E-state index in [1.54, 1.807) is 38.1 Å². The minimum absolute atomic E-state index is 0.0280. The molecule has 1 fully saturated rings. The first-order chi connectivity index (χ1) is 22.5. The SMILES string of the molecule is CC.CC(C)CC(NC(=O)CCN1C(=O)CC(C)C1=O)C(=O)NC(C)C(=O)NCC(=O)Nc1ccc(COC(=O)O)cc1.CCC(=O)O. The maximum absolute atomic E-state index is 12.9. The topological polar surface area (TPSA) is 238 Å². The van der Waals surface area contributed by atoms with Crippen molar-refractivity contribution in [3.63, 3.8) is 0 Å². The molecule has 1 aromatic carbocycles. The summed E-state index contributed by atoms with van der Waals surface area (Å²) in [5.74, 6) is -4.04. The van der Waals surface area contributed by atoms with Gasteiger partial charge in [0.05, 0.1) is 6.54 Å². The van der Waals surface area contributed by atoms with E-state index >= 15 is 0 Å². The van der Waals surface area contributed by atoms with Gasteiger partial charge in [0.2, 0.25) is 35.4 Å². The minimum atomic E-state index is -1.40. The van der Waals surface area contributed by atoms with Gasteiger partial charge in [0.15, 0.2) is 0 Å². The van der Waals surface area contributed by atoms with Crippen LogP contribution < -0.4 is 21.3 Å². The van der Waals surface area contributed by atoms with Crippen molar-refractivity contribution < 1.29 is 53.3 Å². The first-order valence-electron chi connectivity index (χ1n) is 15.7. The number of carbonyl (C=O) groups is 8.